The number of nitrogens with zero attached hydrogens (tertiary/aromatic N) is 3. The highest BCUT2D eigenvalue weighted by atomic mass is 19.1. The summed E-state index contributed by atoms with van der Waals surface area (Å²) in [6.45, 7) is 3.70. The minimum Gasteiger partial charge on any atom is -0.494 e. The second-order valence-corrected chi connectivity index (χ2v) is 7.79. The van der Waals surface area contributed by atoms with Crippen molar-refractivity contribution in [2.75, 3.05) is 27.2 Å². The van der Waals surface area contributed by atoms with Gasteiger partial charge in [-0.25, -0.2) is 4.98 Å². The van der Waals surface area contributed by atoms with Crippen molar-refractivity contribution in [1.82, 2.24) is 15.2 Å². The Bertz CT molecular complexity index is 871. The Kier molecular flexibility index (Phi) is 9.92. The van der Waals surface area contributed by atoms with E-state index in [1.165, 1.54) is 18.2 Å². The van der Waals surface area contributed by atoms with Crippen LogP contribution in [0.5, 0.6) is 0 Å². The van der Waals surface area contributed by atoms with E-state index in [0.717, 1.165) is 38.0 Å². The Morgan fingerprint density at radius 3 is 2.90 bits per heavy atom. The first-order chi connectivity index (χ1) is 14.9. The van der Waals surface area contributed by atoms with Gasteiger partial charge in [0, 0.05) is 18.5 Å². The molecule has 2 rings (SSSR count). The quantitative estimate of drug-likeness (QED) is 0.252. The van der Waals surface area contributed by atoms with Gasteiger partial charge in [-0.1, -0.05) is 25.5 Å². The first-order valence-electron chi connectivity index (χ1n) is 10.6. The number of pyridine rings is 1. The Labute approximate surface area is 184 Å². The van der Waals surface area contributed by atoms with Crippen molar-refractivity contribution in [3.8, 4) is 6.07 Å². The highest BCUT2D eigenvalue weighted by Gasteiger charge is 2.23. The van der Waals surface area contributed by atoms with Gasteiger partial charge < -0.3 is 15.0 Å². The van der Waals surface area contributed by atoms with Gasteiger partial charge in [-0.2, -0.15) is 9.65 Å². The standard InChI is InChI=1S/C24H31FN4O2/c1-4-7-22(18-10-12-21(13-11-18)31-15-6-14-29(2)3)28-24(30)19(17-26)16-20-8-5-9-23(25)27-20/h5,8-10,12-13,16,18,22H,4,6-7,11,14-15H2,1-3H3,(H,28,30)/b19-16+. The third-order valence-corrected chi connectivity index (χ3v) is 4.94. The summed E-state index contributed by atoms with van der Waals surface area (Å²) in [4.78, 5) is 18.5. The molecule has 2 atom stereocenters. The number of allylic oxidation sites excluding steroid dienone is 2. The summed E-state index contributed by atoms with van der Waals surface area (Å²) in [6.07, 6.45) is 10.8. The molecule has 0 saturated heterocycles. The maximum absolute atomic E-state index is 13.3. The first kappa shape index (κ1) is 24.3. The number of nitrogens with one attached hydrogen (secondary N) is 1. The van der Waals surface area contributed by atoms with Crippen molar-refractivity contribution < 1.29 is 13.9 Å². The fraction of sp³-hybridized carbons (Fsp3) is 0.458. The molecule has 0 aromatic carbocycles. The number of rotatable bonds is 11. The zero-order chi connectivity index (χ0) is 22.6. The van der Waals surface area contributed by atoms with E-state index in [1.54, 1.807) is 6.07 Å². The van der Waals surface area contributed by atoms with Crippen molar-refractivity contribution in [2.45, 2.75) is 38.6 Å². The fourth-order valence-electron chi connectivity index (χ4n) is 3.34. The average molecular weight is 427 g/mol. The zero-order valence-electron chi connectivity index (χ0n) is 18.5. The number of hydrogen-bond donors (Lipinski definition) is 1. The molecule has 1 N–H and O–H groups in total. The van der Waals surface area contributed by atoms with Crippen LogP contribution in [0.25, 0.3) is 6.08 Å². The summed E-state index contributed by atoms with van der Waals surface area (Å²) in [7, 11) is 4.07. The van der Waals surface area contributed by atoms with Crippen LogP contribution in [-0.2, 0) is 9.53 Å². The molecule has 0 bridgehead atoms. The molecule has 2 unspecified atom stereocenters. The second-order valence-electron chi connectivity index (χ2n) is 7.79. The molecule has 6 nitrogen and oxygen atoms in total. The van der Waals surface area contributed by atoms with Gasteiger partial charge in [0.15, 0.2) is 0 Å². The molecule has 1 aromatic rings. The minimum absolute atomic E-state index is 0.0977. The molecule has 7 heteroatoms. The number of amides is 1. The van der Waals surface area contributed by atoms with Crippen molar-refractivity contribution in [2.24, 2.45) is 5.92 Å². The van der Waals surface area contributed by atoms with Crippen LogP contribution in [0.2, 0.25) is 0 Å². The van der Waals surface area contributed by atoms with Crippen molar-refractivity contribution >= 4 is 12.0 Å². The van der Waals surface area contributed by atoms with Crippen molar-refractivity contribution in [1.29, 1.82) is 5.26 Å². The van der Waals surface area contributed by atoms with E-state index in [4.69, 9.17) is 4.74 Å². The number of aromatic nitrogens is 1. The summed E-state index contributed by atoms with van der Waals surface area (Å²) in [5.74, 6) is -0.166. The van der Waals surface area contributed by atoms with E-state index in [-0.39, 0.29) is 23.2 Å². The predicted octanol–water partition coefficient (Wildman–Crippen LogP) is 3.84. The minimum atomic E-state index is -0.658. The Morgan fingerprint density at radius 2 is 2.29 bits per heavy atom. The topological polar surface area (TPSA) is 78.2 Å². The van der Waals surface area contributed by atoms with E-state index in [2.05, 4.69) is 28.2 Å². The predicted molar refractivity (Wildman–Crippen MR) is 119 cm³/mol. The van der Waals surface area contributed by atoms with Gasteiger partial charge in [-0.3, -0.25) is 4.79 Å². The first-order valence-corrected chi connectivity index (χ1v) is 10.6. The maximum Gasteiger partial charge on any atom is 0.262 e. The van der Waals surface area contributed by atoms with E-state index < -0.39 is 11.9 Å². The van der Waals surface area contributed by atoms with Gasteiger partial charge in [-0.15, -0.1) is 0 Å². The molecule has 1 heterocycles. The molecular weight excluding hydrogens is 395 g/mol. The molecule has 0 radical (unpaired) electrons. The van der Waals surface area contributed by atoms with Gasteiger partial charge in [0.2, 0.25) is 5.95 Å². The molecule has 0 fully saturated rings. The van der Waals surface area contributed by atoms with E-state index in [9.17, 15) is 14.4 Å². The molecule has 0 aliphatic heterocycles. The van der Waals surface area contributed by atoms with Gasteiger partial charge in [0.1, 0.15) is 17.4 Å². The van der Waals surface area contributed by atoms with E-state index in [1.807, 2.05) is 32.3 Å². The highest BCUT2D eigenvalue weighted by molar-refractivity contribution is 6.01. The Balaban J connectivity index is 1.97. The SMILES string of the molecule is CCCC(NC(=O)/C(C#N)=C/c1cccc(F)n1)C1C=CC(OCCCN(C)C)=CC1. The normalized spacial score (nSPS) is 17.1. The molecule has 1 aliphatic carbocycles. The average Bonchev–Trinajstić information content (AvgIpc) is 2.75. The van der Waals surface area contributed by atoms with Crippen molar-refractivity contribution in [3.05, 3.63) is 59.4 Å². The van der Waals surface area contributed by atoms with Crippen LogP contribution in [-0.4, -0.2) is 49.1 Å². The monoisotopic (exact) mass is 426 g/mol. The zero-order valence-corrected chi connectivity index (χ0v) is 18.5. The maximum atomic E-state index is 13.3. The number of halogens is 1. The molecule has 1 amide bonds. The molecule has 31 heavy (non-hydrogen) atoms. The summed E-state index contributed by atoms with van der Waals surface area (Å²) in [5, 5.41) is 12.4. The number of carbonyl (C=O) groups excluding carboxylic acids is 1. The second kappa shape index (κ2) is 12.7. The number of ether oxygens (including phenoxy) is 1. The number of nitriles is 1. The smallest absolute Gasteiger partial charge is 0.262 e. The highest BCUT2D eigenvalue weighted by Crippen LogP contribution is 2.23. The molecule has 0 saturated carbocycles. The van der Waals surface area contributed by atoms with Crippen LogP contribution in [0, 0.1) is 23.2 Å². The summed E-state index contributed by atoms with van der Waals surface area (Å²) >= 11 is 0. The Hall–Kier alpha value is -2.98. The van der Waals surface area contributed by atoms with E-state index in [0.29, 0.717) is 6.61 Å². The summed E-state index contributed by atoms with van der Waals surface area (Å²) < 4.78 is 19.1. The molecule has 166 valence electrons. The van der Waals surface area contributed by atoms with E-state index >= 15 is 0 Å². The van der Waals surface area contributed by atoms with Crippen LogP contribution >= 0.6 is 0 Å². The van der Waals surface area contributed by atoms with Gasteiger partial charge in [0.25, 0.3) is 5.91 Å². The third kappa shape index (κ3) is 8.35. The summed E-state index contributed by atoms with van der Waals surface area (Å²) in [5.41, 5.74) is 0.134. The molecule has 1 aliphatic rings. The summed E-state index contributed by atoms with van der Waals surface area (Å²) in [6, 6.07) is 6.03. The van der Waals surface area contributed by atoms with Crippen LogP contribution in [0.1, 0.15) is 38.3 Å². The van der Waals surface area contributed by atoms with Gasteiger partial charge in [-0.05, 0) is 63.7 Å². The lowest BCUT2D eigenvalue weighted by molar-refractivity contribution is -0.118. The molecule has 0 spiro atoms. The van der Waals surface area contributed by atoms with Gasteiger partial charge in [0.05, 0.1) is 12.3 Å². The van der Waals surface area contributed by atoms with Gasteiger partial charge >= 0.3 is 0 Å². The number of carbonyl (C=O) groups is 1. The lowest BCUT2D eigenvalue weighted by atomic mass is 9.89. The van der Waals surface area contributed by atoms with Crippen LogP contribution in [0.15, 0.2) is 47.8 Å². The lowest BCUT2D eigenvalue weighted by Crippen LogP contribution is -2.40. The third-order valence-electron chi connectivity index (χ3n) is 4.94. The Morgan fingerprint density at radius 1 is 1.48 bits per heavy atom. The number of hydrogen-bond acceptors (Lipinski definition) is 5. The molecular formula is C24H31FN4O2. The van der Waals surface area contributed by atoms with Crippen LogP contribution < -0.4 is 5.32 Å². The lowest BCUT2D eigenvalue weighted by Gasteiger charge is -2.27. The fourth-order valence-corrected chi connectivity index (χ4v) is 3.34. The molecule has 1 aromatic heterocycles. The largest absolute Gasteiger partial charge is 0.494 e. The van der Waals surface area contributed by atoms with Crippen molar-refractivity contribution in [3.63, 3.8) is 0 Å². The van der Waals surface area contributed by atoms with Crippen LogP contribution in [0.3, 0.4) is 0 Å². The van der Waals surface area contributed by atoms with Crippen LogP contribution in [0.4, 0.5) is 4.39 Å².